The monoisotopic (exact) mass is 240 g/mol. The number of hydrogen-bond donors (Lipinski definition) is 0. The Kier molecular flexibility index (Phi) is 2.71. The van der Waals surface area contributed by atoms with Crippen molar-refractivity contribution in [2.24, 2.45) is 0 Å². The molecular formula is C10H7F3N4. The third kappa shape index (κ3) is 2.36. The molecule has 0 atom stereocenters. The van der Waals surface area contributed by atoms with E-state index < -0.39 is 12.6 Å². The minimum atomic E-state index is -4.25. The Balaban J connectivity index is 2.38. The van der Waals surface area contributed by atoms with Gasteiger partial charge in [-0.3, -0.25) is 0 Å². The second kappa shape index (κ2) is 4.05. The lowest BCUT2D eigenvalue weighted by molar-refractivity contribution is -0.137. The van der Waals surface area contributed by atoms with Crippen LogP contribution in [0.4, 0.5) is 13.2 Å². The van der Waals surface area contributed by atoms with E-state index in [1.54, 1.807) is 12.1 Å². The van der Waals surface area contributed by atoms with Crippen molar-refractivity contribution in [2.75, 3.05) is 0 Å². The highest BCUT2D eigenvalue weighted by molar-refractivity contribution is 5.80. The van der Waals surface area contributed by atoms with Crippen LogP contribution in [0.25, 0.3) is 11.0 Å². The molecule has 88 valence electrons. The lowest BCUT2D eigenvalue weighted by Gasteiger charge is -2.06. The van der Waals surface area contributed by atoms with Crippen molar-refractivity contribution in [3.8, 4) is 6.07 Å². The van der Waals surface area contributed by atoms with Crippen LogP contribution < -0.4 is 0 Å². The molecule has 0 amide bonds. The van der Waals surface area contributed by atoms with Gasteiger partial charge in [0.25, 0.3) is 0 Å². The standard InChI is InChI=1S/C10H7F3N4/c11-10(12,13)3-5-17-9-7(2-1-4-15-9)8(6-14)16-17/h1-2,4H,3,5H2. The lowest BCUT2D eigenvalue weighted by Crippen LogP contribution is -2.13. The smallest absolute Gasteiger partial charge is 0.246 e. The molecule has 0 fully saturated rings. The van der Waals surface area contributed by atoms with Crippen LogP contribution in [0.15, 0.2) is 18.3 Å². The lowest BCUT2D eigenvalue weighted by atomic mass is 10.3. The number of pyridine rings is 1. The average Bonchev–Trinajstić information content (AvgIpc) is 2.64. The Morgan fingerprint density at radius 1 is 1.41 bits per heavy atom. The molecule has 2 aromatic heterocycles. The third-order valence-electron chi connectivity index (χ3n) is 2.22. The topological polar surface area (TPSA) is 54.5 Å². The Labute approximate surface area is 94.3 Å². The van der Waals surface area contributed by atoms with Crippen LogP contribution in [0, 0.1) is 11.3 Å². The summed E-state index contributed by atoms with van der Waals surface area (Å²) in [4.78, 5) is 3.93. The molecule has 0 unspecified atom stereocenters. The number of halogens is 3. The van der Waals surface area contributed by atoms with E-state index >= 15 is 0 Å². The van der Waals surface area contributed by atoms with Gasteiger partial charge in [0.1, 0.15) is 6.07 Å². The Hall–Kier alpha value is -2.10. The van der Waals surface area contributed by atoms with Crippen LogP contribution in [0.3, 0.4) is 0 Å². The molecule has 2 rings (SSSR count). The van der Waals surface area contributed by atoms with Gasteiger partial charge in [0.2, 0.25) is 0 Å². The minimum absolute atomic E-state index is 0.0928. The first kappa shape index (κ1) is 11.4. The van der Waals surface area contributed by atoms with Crippen molar-refractivity contribution in [3.63, 3.8) is 0 Å². The van der Waals surface area contributed by atoms with Crippen molar-refractivity contribution in [2.45, 2.75) is 19.1 Å². The van der Waals surface area contributed by atoms with E-state index in [1.165, 1.54) is 6.20 Å². The number of aromatic nitrogens is 3. The molecule has 2 aromatic rings. The Morgan fingerprint density at radius 2 is 2.18 bits per heavy atom. The van der Waals surface area contributed by atoms with E-state index in [4.69, 9.17) is 5.26 Å². The molecule has 0 N–H and O–H groups in total. The van der Waals surface area contributed by atoms with Gasteiger partial charge in [-0.2, -0.15) is 23.5 Å². The molecule has 0 spiro atoms. The summed E-state index contributed by atoms with van der Waals surface area (Å²) in [6.07, 6.45) is -3.79. The van der Waals surface area contributed by atoms with Gasteiger partial charge in [-0.15, -0.1) is 0 Å². The van der Waals surface area contributed by atoms with E-state index in [-0.39, 0.29) is 12.2 Å². The van der Waals surface area contributed by atoms with Gasteiger partial charge < -0.3 is 0 Å². The predicted octanol–water partition coefficient (Wildman–Crippen LogP) is 2.26. The van der Waals surface area contributed by atoms with E-state index in [0.717, 1.165) is 4.68 Å². The van der Waals surface area contributed by atoms with E-state index in [1.807, 2.05) is 6.07 Å². The first-order valence-corrected chi connectivity index (χ1v) is 4.79. The molecule has 0 radical (unpaired) electrons. The quantitative estimate of drug-likeness (QED) is 0.808. The highest BCUT2D eigenvalue weighted by atomic mass is 19.4. The van der Waals surface area contributed by atoms with Crippen LogP contribution in [0.1, 0.15) is 12.1 Å². The number of alkyl halides is 3. The number of nitriles is 1. The summed E-state index contributed by atoms with van der Waals surface area (Å²) >= 11 is 0. The van der Waals surface area contributed by atoms with E-state index in [0.29, 0.717) is 11.0 Å². The van der Waals surface area contributed by atoms with Gasteiger partial charge in [0, 0.05) is 6.20 Å². The normalized spacial score (nSPS) is 11.6. The number of rotatable bonds is 2. The summed E-state index contributed by atoms with van der Waals surface area (Å²) in [6.45, 7) is -0.335. The summed E-state index contributed by atoms with van der Waals surface area (Å²) < 4.78 is 37.4. The molecule has 7 heteroatoms. The zero-order valence-corrected chi connectivity index (χ0v) is 8.57. The van der Waals surface area contributed by atoms with E-state index in [2.05, 4.69) is 10.1 Å². The molecule has 0 saturated carbocycles. The summed E-state index contributed by atoms with van der Waals surface area (Å²) in [5.74, 6) is 0. The zero-order chi connectivity index (χ0) is 12.5. The van der Waals surface area contributed by atoms with Crippen molar-refractivity contribution in [1.29, 1.82) is 5.26 Å². The predicted molar refractivity (Wildman–Crippen MR) is 52.9 cm³/mol. The Morgan fingerprint density at radius 3 is 2.82 bits per heavy atom. The van der Waals surface area contributed by atoms with Gasteiger partial charge in [-0.25, -0.2) is 9.67 Å². The summed E-state index contributed by atoms with van der Waals surface area (Å²) in [6, 6.07) is 5.05. The minimum Gasteiger partial charge on any atom is -0.246 e. The molecule has 0 aliphatic carbocycles. The molecule has 0 aliphatic rings. The van der Waals surface area contributed by atoms with Gasteiger partial charge in [0.05, 0.1) is 18.4 Å². The van der Waals surface area contributed by atoms with E-state index in [9.17, 15) is 13.2 Å². The maximum atomic E-state index is 12.1. The Bertz CT molecular complexity index is 579. The number of nitrogens with zero attached hydrogens (tertiary/aromatic N) is 4. The van der Waals surface area contributed by atoms with Gasteiger partial charge in [0.15, 0.2) is 11.3 Å². The van der Waals surface area contributed by atoms with Crippen molar-refractivity contribution in [3.05, 3.63) is 24.0 Å². The fourth-order valence-electron chi connectivity index (χ4n) is 1.48. The number of aryl methyl sites for hydroxylation is 1. The average molecular weight is 240 g/mol. The molecule has 4 nitrogen and oxygen atoms in total. The maximum absolute atomic E-state index is 12.1. The zero-order valence-electron chi connectivity index (χ0n) is 8.57. The highest BCUT2D eigenvalue weighted by Crippen LogP contribution is 2.22. The second-order valence-corrected chi connectivity index (χ2v) is 3.42. The first-order valence-electron chi connectivity index (χ1n) is 4.79. The van der Waals surface area contributed by atoms with Crippen molar-refractivity contribution >= 4 is 11.0 Å². The summed E-state index contributed by atoms with van der Waals surface area (Å²) in [7, 11) is 0. The van der Waals surface area contributed by atoms with Crippen molar-refractivity contribution < 1.29 is 13.2 Å². The van der Waals surface area contributed by atoms with Crippen LogP contribution in [-0.4, -0.2) is 20.9 Å². The van der Waals surface area contributed by atoms with Gasteiger partial charge in [-0.05, 0) is 12.1 Å². The van der Waals surface area contributed by atoms with Crippen LogP contribution in [0.5, 0.6) is 0 Å². The molecule has 17 heavy (non-hydrogen) atoms. The van der Waals surface area contributed by atoms with Gasteiger partial charge >= 0.3 is 6.18 Å². The molecule has 0 bridgehead atoms. The molecule has 0 saturated heterocycles. The molecule has 2 heterocycles. The summed E-state index contributed by atoms with van der Waals surface area (Å²) in [5, 5.41) is 13.1. The second-order valence-electron chi connectivity index (χ2n) is 3.42. The van der Waals surface area contributed by atoms with Crippen LogP contribution in [-0.2, 0) is 6.54 Å². The van der Waals surface area contributed by atoms with Crippen LogP contribution >= 0.6 is 0 Å². The number of hydrogen-bond acceptors (Lipinski definition) is 3. The molecule has 0 aromatic carbocycles. The van der Waals surface area contributed by atoms with Crippen molar-refractivity contribution in [1.82, 2.24) is 14.8 Å². The SMILES string of the molecule is N#Cc1nn(CCC(F)(F)F)c2ncccc12. The molecular weight excluding hydrogens is 233 g/mol. The van der Waals surface area contributed by atoms with Crippen LogP contribution in [0.2, 0.25) is 0 Å². The largest absolute Gasteiger partial charge is 0.390 e. The fraction of sp³-hybridized carbons (Fsp3) is 0.300. The fourth-order valence-corrected chi connectivity index (χ4v) is 1.48. The molecule has 0 aliphatic heterocycles. The maximum Gasteiger partial charge on any atom is 0.390 e. The first-order chi connectivity index (χ1) is 8.01. The highest BCUT2D eigenvalue weighted by Gasteiger charge is 2.27. The van der Waals surface area contributed by atoms with Gasteiger partial charge in [-0.1, -0.05) is 0 Å². The summed E-state index contributed by atoms with van der Waals surface area (Å²) in [5.41, 5.74) is 0.392. The number of fused-ring (bicyclic) bond motifs is 1. The third-order valence-corrected chi connectivity index (χ3v) is 2.22.